The molecule has 1 aliphatic rings. The van der Waals surface area contributed by atoms with Gasteiger partial charge in [-0.05, 0) is 49.7 Å². The number of aromatic nitrogens is 4. The highest BCUT2D eigenvalue weighted by molar-refractivity contribution is 7.59. The number of carbonyl (C=O) groups is 1. The Bertz CT molecular complexity index is 1350. The van der Waals surface area contributed by atoms with E-state index in [-0.39, 0.29) is 37.6 Å². The van der Waals surface area contributed by atoms with Crippen molar-refractivity contribution < 1.29 is 22.5 Å². The molecular formula is C23H20F3N5O2S. The first-order valence-corrected chi connectivity index (χ1v) is 10.2. The summed E-state index contributed by atoms with van der Waals surface area (Å²) in [6, 6.07) is 8.83. The summed E-state index contributed by atoms with van der Waals surface area (Å²) >= 11 is 0. The van der Waals surface area contributed by atoms with Crippen LogP contribution >= 0.6 is 13.5 Å². The van der Waals surface area contributed by atoms with Crippen molar-refractivity contribution in [1.82, 2.24) is 19.9 Å². The molecule has 5 rings (SSSR count). The van der Waals surface area contributed by atoms with Crippen LogP contribution in [0.5, 0.6) is 0 Å². The summed E-state index contributed by atoms with van der Waals surface area (Å²) in [5.41, 5.74) is 1.79. The lowest BCUT2D eigenvalue weighted by atomic mass is 10.0. The Kier molecular flexibility index (Phi) is 5.98. The van der Waals surface area contributed by atoms with Gasteiger partial charge in [0.1, 0.15) is 11.4 Å². The lowest BCUT2D eigenvalue weighted by molar-refractivity contribution is -0.138. The SMILES string of the molecule is Cc1cc(N2C[C@H](C)n3ncc(-c4cc(-c5cccnc5)no4)c3C2=O)ccc1C(F)(F)F.S. The molecule has 1 atom stereocenters. The fourth-order valence-electron chi connectivity index (χ4n) is 4.05. The molecule has 0 saturated carbocycles. The molecule has 0 radical (unpaired) electrons. The van der Waals surface area contributed by atoms with Gasteiger partial charge in [0, 0.05) is 36.3 Å². The molecule has 7 nitrogen and oxygen atoms in total. The van der Waals surface area contributed by atoms with Crippen LogP contribution in [0.25, 0.3) is 22.6 Å². The number of carbonyl (C=O) groups excluding carboxylic acids is 1. The van der Waals surface area contributed by atoms with Crippen LogP contribution < -0.4 is 4.90 Å². The summed E-state index contributed by atoms with van der Waals surface area (Å²) < 4.78 is 46.6. The van der Waals surface area contributed by atoms with Crippen molar-refractivity contribution >= 4 is 25.1 Å². The van der Waals surface area contributed by atoms with Crippen LogP contribution in [0.2, 0.25) is 0 Å². The second-order valence-corrected chi connectivity index (χ2v) is 7.93. The van der Waals surface area contributed by atoms with Crippen LogP contribution in [-0.2, 0) is 6.18 Å². The molecule has 1 aliphatic heterocycles. The number of anilines is 1. The van der Waals surface area contributed by atoms with Gasteiger partial charge in [0.15, 0.2) is 5.76 Å². The first-order chi connectivity index (χ1) is 15.7. The summed E-state index contributed by atoms with van der Waals surface area (Å²) in [4.78, 5) is 19.0. The zero-order valence-electron chi connectivity index (χ0n) is 18.2. The summed E-state index contributed by atoms with van der Waals surface area (Å²) in [6.45, 7) is 3.54. The number of amides is 1. The van der Waals surface area contributed by atoms with E-state index in [9.17, 15) is 18.0 Å². The topological polar surface area (TPSA) is 77.1 Å². The molecule has 1 amide bonds. The summed E-state index contributed by atoms with van der Waals surface area (Å²) in [5, 5.41) is 8.43. The molecule has 0 saturated heterocycles. The second kappa shape index (κ2) is 8.64. The molecule has 0 unspecified atom stereocenters. The molecule has 4 heterocycles. The molecule has 11 heteroatoms. The molecule has 0 fully saturated rings. The van der Waals surface area contributed by atoms with Crippen molar-refractivity contribution in [2.24, 2.45) is 0 Å². The van der Waals surface area contributed by atoms with Gasteiger partial charge in [-0.15, -0.1) is 0 Å². The highest BCUT2D eigenvalue weighted by atomic mass is 32.1. The number of nitrogens with zero attached hydrogens (tertiary/aromatic N) is 5. The van der Waals surface area contributed by atoms with E-state index in [0.717, 1.165) is 11.6 Å². The fraction of sp³-hybridized carbons (Fsp3) is 0.217. The van der Waals surface area contributed by atoms with E-state index in [0.29, 0.717) is 28.4 Å². The van der Waals surface area contributed by atoms with Crippen LogP contribution in [0, 0.1) is 6.92 Å². The highest BCUT2D eigenvalue weighted by Gasteiger charge is 2.36. The Balaban J connectivity index is 0.00000274. The van der Waals surface area contributed by atoms with Crippen molar-refractivity contribution in [1.29, 1.82) is 0 Å². The molecule has 1 aromatic carbocycles. The molecule has 0 aliphatic carbocycles. The molecule has 4 aromatic rings. The Morgan fingerprint density at radius 2 is 1.94 bits per heavy atom. The zero-order valence-corrected chi connectivity index (χ0v) is 19.2. The third kappa shape index (κ3) is 3.96. The first kappa shape index (κ1) is 23.6. The van der Waals surface area contributed by atoms with Crippen molar-refractivity contribution in [3.63, 3.8) is 0 Å². The van der Waals surface area contributed by atoms with E-state index in [2.05, 4.69) is 15.2 Å². The molecule has 0 bridgehead atoms. The number of hydrogen-bond acceptors (Lipinski definition) is 5. The average Bonchev–Trinajstić information content (AvgIpc) is 3.43. The fourth-order valence-corrected chi connectivity index (χ4v) is 4.05. The van der Waals surface area contributed by atoms with Crippen LogP contribution in [0.3, 0.4) is 0 Å². The van der Waals surface area contributed by atoms with Crippen molar-refractivity contribution in [2.75, 3.05) is 11.4 Å². The van der Waals surface area contributed by atoms with E-state index < -0.39 is 11.7 Å². The van der Waals surface area contributed by atoms with Crippen molar-refractivity contribution in [3.8, 4) is 22.6 Å². The summed E-state index contributed by atoms with van der Waals surface area (Å²) in [5.74, 6) is -0.0137. The lowest BCUT2D eigenvalue weighted by Gasteiger charge is -2.32. The Hall–Kier alpha value is -3.60. The van der Waals surface area contributed by atoms with Crippen LogP contribution in [-0.4, -0.2) is 32.4 Å². The molecule has 0 spiro atoms. The van der Waals surface area contributed by atoms with E-state index in [4.69, 9.17) is 4.52 Å². The maximum absolute atomic E-state index is 13.5. The third-order valence-electron chi connectivity index (χ3n) is 5.67. The maximum atomic E-state index is 13.5. The smallest absolute Gasteiger partial charge is 0.356 e. The number of benzene rings is 1. The summed E-state index contributed by atoms with van der Waals surface area (Å²) in [6.07, 6.45) is 0.387. The molecule has 0 N–H and O–H groups in total. The van der Waals surface area contributed by atoms with Crippen LogP contribution in [0.4, 0.5) is 18.9 Å². The average molecular weight is 488 g/mol. The van der Waals surface area contributed by atoms with Gasteiger partial charge in [-0.2, -0.15) is 31.8 Å². The number of hydrogen-bond donors (Lipinski definition) is 0. The Labute approximate surface area is 199 Å². The van der Waals surface area contributed by atoms with Gasteiger partial charge >= 0.3 is 6.18 Å². The number of aryl methyl sites for hydroxylation is 1. The van der Waals surface area contributed by atoms with Gasteiger partial charge in [-0.25, -0.2) is 0 Å². The van der Waals surface area contributed by atoms with Crippen molar-refractivity contribution in [3.05, 3.63) is 71.8 Å². The van der Waals surface area contributed by atoms with E-state index in [1.54, 1.807) is 35.4 Å². The van der Waals surface area contributed by atoms with Gasteiger partial charge in [-0.1, -0.05) is 5.16 Å². The quantitative estimate of drug-likeness (QED) is 0.394. The predicted octanol–water partition coefficient (Wildman–Crippen LogP) is 5.26. The van der Waals surface area contributed by atoms with Gasteiger partial charge in [-0.3, -0.25) is 14.5 Å². The van der Waals surface area contributed by atoms with Gasteiger partial charge in [0.25, 0.3) is 5.91 Å². The zero-order chi connectivity index (χ0) is 23.3. The standard InChI is InChI=1S/C23H18F3N5O2.H2S/c1-13-8-16(5-6-18(13)23(24,25)26)30-12-14(2)31-21(22(30)32)17(11-28-31)20-9-19(29-33-20)15-4-3-7-27-10-15;/h3-11,14H,12H2,1-2H3;1H2/t14-;/m0./s1. The van der Waals surface area contributed by atoms with E-state index in [1.807, 2.05) is 13.0 Å². The minimum absolute atomic E-state index is 0. The Morgan fingerprint density at radius 1 is 1.15 bits per heavy atom. The number of alkyl halides is 3. The molecule has 3 aromatic heterocycles. The normalized spacial score (nSPS) is 15.7. The largest absolute Gasteiger partial charge is 0.416 e. The van der Waals surface area contributed by atoms with E-state index in [1.165, 1.54) is 24.0 Å². The highest BCUT2D eigenvalue weighted by Crippen LogP contribution is 2.37. The third-order valence-corrected chi connectivity index (χ3v) is 5.67. The number of pyridine rings is 1. The predicted molar refractivity (Wildman–Crippen MR) is 124 cm³/mol. The molecular weight excluding hydrogens is 467 g/mol. The second-order valence-electron chi connectivity index (χ2n) is 7.93. The van der Waals surface area contributed by atoms with Crippen molar-refractivity contribution in [2.45, 2.75) is 26.1 Å². The lowest BCUT2D eigenvalue weighted by Crippen LogP contribution is -2.42. The summed E-state index contributed by atoms with van der Waals surface area (Å²) in [7, 11) is 0. The first-order valence-electron chi connectivity index (χ1n) is 10.2. The van der Waals surface area contributed by atoms with E-state index >= 15 is 0 Å². The monoisotopic (exact) mass is 487 g/mol. The Morgan fingerprint density at radius 3 is 2.62 bits per heavy atom. The van der Waals surface area contributed by atoms with Gasteiger partial charge in [0.05, 0.1) is 23.4 Å². The maximum Gasteiger partial charge on any atom is 0.416 e. The molecule has 34 heavy (non-hydrogen) atoms. The number of halogens is 3. The number of fused-ring (bicyclic) bond motifs is 1. The van der Waals surface area contributed by atoms with Crippen LogP contribution in [0.1, 0.15) is 34.6 Å². The minimum atomic E-state index is -4.45. The van der Waals surface area contributed by atoms with Gasteiger partial charge in [0.2, 0.25) is 0 Å². The van der Waals surface area contributed by atoms with Crippen LogP contribution in [0.15, 0.2) is 59.5 Å². The minimum Gasteiger partial charge on any atom is -0.356 e. The van der Waals surface area contributed by atoms with Gasteiger partial charge < -0.3 is 9.42 Å². The number of rotatable bonds is 3. The molecule has 176 valence electrons.